The molecule has 70 valence electrons. The molecule has 0 radical (unpaired) electrons. The van der Waals surface area contributed by atoms with Gasteiger partial charge in [-0.3, -0.25) is 4.79 Å². The third-order valence-electron chi connectivity index (χ3n) is 1.88. The van der Waals surface area contributed by atoms with Crippen molar-refractivity contribution in [2.45, 2.75) is 26.2 Å². The number of Topliss-reactive ketones (excluding diaryl/α,β-unsaturated/α-hetero) is 1. The predicted octanol–water partition coefficient (Wildman–Crippen LogP) is 3.12. The molecule has 0 aliphatic rings. The lowest BCUT2D eigenvalue weighted by molar-refractivity contribution is 0.0979. The second kappa shape index (κ2) is 4.92. The predicted molar refractivity (Wildman–Crippen MR) is 55.5 cm³/mol. The van der Waals surface area contributed by atoms with E-state index >= 15 is 0 Å². The summed E-state index contributed by atoms with van der Waals surface area (Å²) in [5.41, 5.74) is 0.644. The lowest BCUT2D eigenvalue weighted by Gasteiger charge is -1.98. The third-order valence-corrected chi connectivity index (χ3v) is 2.21. The van der Waals surface area contributed by atoms with Gasteiger partial charge in [-0.2, -0.15) is 0 Å². The normalized spacial score (nSPS) is 9.92. The highest BCUT2D eigenvalue weighted by Crippen LogP contribution is 2.06. The van der Waals surface area contributed by atoms with Crippen LogP contribution in [0.4, 0.5) is 0 Å². The van der Waals surface area contributed by atoms with Crippen LogP contribution in [0.25, 0.3) is 0 Å². The number of hydrogen-bond acceptors (Lipinski definition) is 2. The summed E-state index contributed by atoms with van der Waals surface area (Å²) in [5, 5.41) is 0. The third kappa shape index (κ3) is 2.77. The summed E-state index contributed by atoms with van der Waals surface area (Å²) in [6.07, 6.45) is 4.30. The van der Waals surface area contributed by atoms with Gasteiger partial charge in [-0.1, -0.05) is 25.6 Å². The smallest absolute Gasteiger partial charge is 0.165 e. The highest BCUT2D eigenvalue weighted by Gasteiger charge is 2.05. The molecule has 0 amide bonds. The monoisotopic (exact) mass is 195 g/mol. The Hall–Kier alpha value is -0.960. The summed E-state index contributed by atoms with van der Waals surface area (Å²) < 4.78 is 0.545. The maximum Gasteiger partial charge on any atom is 0.165 e. The Morgan fingerprint density at radius 2 is 2.38 bits per heavy atom. The number of carbonyl (C=O) groups excluding carboxylic acids is 1. The Kier molecular flexibility index (Phi) is 3.83. The standard InChI is InChI=1S/C10H13NOS/c1-2-3-6-9(12)8-5-4-7-11-10(8)13/h4-5,7H,2-3,6H2,1H3,(H,11,13). The molecule has 0 saturated heterocycles. The average Bonchev–Trinajstić information content (AvgIpc) is 2.15. The van der Waals surface area contributed by atoms with E-state index in [0.29, 0.717) is 16.6 Å². The first-order valence-electron chi connectivity index (χ1n) is 4.46. The summed E-state index contributed by atoms with van der Waals surface area (Å²) in [6, 6.07) is 3.58. The Bertz CT molecular complexity index is 343. The highest BCUT2D eigenvalue weighted by atomic mass is 32.1. The fraction of sp³-hybridized carbons (Fsp3) is 0.400. The van der Waals surface area contributed by atoms with Crippen molar-refractivity contribution in [3.8, 4) is 0 Å². The zero-order chi connectivity index (χ0) is 9.68. The summed E-state index contributed by atoms with van der Waals surface area (Å²) >= 11 is 5.00. The first kappa shape index (κ1) is 10.1. The molecule has 13 heavy (non-hydrogen) atoms. The second-order valence-corrected chi connectivity index (χ2v) is 3.35. The van der Waals surface area contributed by atoms with Crippen molar-refractivity contribution in [1.29, 1.82) is 0 Å². The number of unbranched alkanes of at least 4 members (excludes halogenated alkanes) is 1. The molecule has 1 N–H and O–H groups in total. The SMILES string of the molecule is CCCCC(=O)c1ccc[nH]c1=S. The van der Waals surface area contributed by atoms with Crippen LogP contribution in [0.5, 0.6) is 0 Å². The van der Waals surface area contributed by atoms with Gasteiger partial charge in [0.25, 0.3) is 0 Å². The largest absolute Gasteiger partial charge is 0.352 e. The molecular weight excluding hydrogens is 182 g/mol. The maximum absolute atomic E-state index is 11.5. The van der Waals surface area contributed by atoms with Crippen LogP contribution in [-0.2, 0) is 0 Å². The molecule has 2 nitrogen and oxygen atoms in total. The van der Waals surface area contributed by atoms with Crippen LogP contribution < -0.4 is 0 Å². The fourth-order valence-electron chi connectivity index (χ4n) is 1.11. The molecule has 0 saturated carbocycles. The van der Waals surface area contributed by atoms with E-state index in [1.54, 1.807) is 18.3 Å². The number of rotatable bonds is 4. The van der Waals surface area contributed by atoms with Crippen molar-refractivity contribution in [1.82, 2.24) is 4.98 Å². The van der Waals surface area contributed by atoms with Crippen molar-refractivity contribution in [2.75, 3.05) is 0 Å². The van der Waals surface area contributed by atoms with E-state index < -0.39 is 0 Å². The summed E-state index contributed by atoms with van der Waals surface area (Å²) in [5.74, 6) is 0.142. The van der Waals surface area contributed by atoms with Crippen LogP contribution in [0.3, 0.4) is 0 Å². The van der Waals surface area contributed by atoms with Gasteiger partial charge in [-0.15, -0.1) is 0 Å². The van der Waals surface area contributed by atoms with Crippen LogP contribution in [0.1, 0.15) is 36.5 Å². The quantitative estimate of drug-likeness (QED) is 0.591. The van der Waals surface area contributed by atoms with E-state index in [4.69, 9.17) is 12.2 Å². The molecular formula is C10H13NOS. The molecule has 0 spiro atoms. The molecule has 0 bridgehead atoms. The molecule has 0 aromatic carbocycles. The van der Waals surface area contributed by atoms with Crippen molar-refractivity contribution in [2.24, 2.45) is 0 Å². The molecule has 0 unspecified atom stereocenters. The number of hydrogen-bond donors (Lipinski definition) is 1. The molecule has 0 fully saturated rings. The molecule has 0 aliphatic carbocycles. The lowest BCUT2D eigenvalue weighted by Crippen LogP contribution is -2.00. The van der Waals surface area contributed by atoms with Crippen molar-refractivity contribution in [3.05, 3.63) is 28.5 Å². The minimum Gasteiger partial charge on any atom is -0.352 e. The zero-order valence-electron chi connectivity index (χ0n) is 7.67. The zero-order valence-corrected chi connectivity index (χ0v) is 8.49. The van der Waals surface area contributed by atoms with Gasteiger partial charge < -0.3 is 4.98 Å². The van der Waals surface area contributed by atoms with E-state index in [0.717, 1.165) is 12.8 Å². The molecule has 0 aliphatic heterocycles. The van der Waals surface area contributed by atoms with Gasteiger partial charge in [0, 0.05) is 12.6 Å². The van der Waals surface area contributed by atoms with Gasteiger partial charge in [0.15, 0.2) is 5.78 Å². The van der Waals surface area contributed by atoms with Crippen molar-refractivity contribution in [3.63, 3.8) is 0 Å². The molecule has 1 rings (SSSR count). The van der Waals surface area contributed by atoms with Gasteiger partial charge in [-0.05, 0) is 18.6 Å². The van der Waals surface area contributed by atoms with Crippen LogP contribution >= 0.6 is 12.2 Å². The molecule has 1 aromatic heterocycles. The van der Waals surface area contributed by atoms with Gasteiger partial charge >= 0.3 is 0 Å². The molecule has 1 heterocycles. The first-order valence-corrected chi connectivity index (χ1v) is 4.87. The fourth-order valence-corrected chi connectivity index (χ4v) is 1.36. The Balaban J connectivity index is 2.77. The van der Waals surface area contributed by atoms with Gasteiger partial charge in [0.2, 0.25) is 0 Å². The number of pyridine rings is 1. The van der Waals surface area contributed by atoms with E-state index in [2.05, 4.69) is 11.9 Å². The van der Waals surface area contributed by atoms with Gasteiger partial charge in [0.1, 0.15) is 4.64 Å². The number of nitrogens with one attached hydrogen (secondary N) is 1. The Morgan fingerprint density at radius 3 is 3.00 bits per heavy atom. The van der Waals surface area contributed by atoms with Crippen molar-refractivity contribution >= 4 is 18.0 Å². The van der Waals surface area contributed by atoms with Crippen LogP contribution in [0.2, 0.25) is 0 Å². The summed E-state index contributed by atoms with van der Waals surface area (Å²) in [6.45, 7) is 2.07. The van der Waals surface area contributed by atoms with Crippen LogP contribution in [0, 0.1) is 4.64 Å². The number of aromatic amines is 1. The number of ketones is 1. The molecule has 0 atom stereocenters. The van der Waals surface area contributed by atoms with Gasteiger partial charge in [0.05, 0.1) is 5.56 Å². The average molecular weight is 195 g/mol. The van der Waals surface area contributed by atoms with Crippen LogP contribution in [-0.4, -0.2) is 10.8 Å². The topological polar surface area (TPSA) is 32.9 Å². The Labute approximate surface area is 83.0 Å². The second-order valence-electron chi connectivity index (χ2n) is 2.94. The van der Waals surface area contributed by atoms with Crippen LogP contribution in [0.15, 0.2) is 18.3 Å². The maximum atomic E-state index is 11.5. The summed E-state index contributed by atoms with van der Waals surface area (Å²) in [7, 11) is 0. The number of H-pyrrole nitrogens is 1. The summed E-state index contributed by atoms with van der Waals surface area (Å²) in [4.78, 5) is 14.4. The minimum atomic E-state index is 0.142. The molecule has 3 heteroatoms. The minimum absolute atomic E-state index is 0.142. The molecule has 1 aromatic rings. The number of aromatic nitrogens is 1. The van der Waals surface area contributed by atoms with Gasteiger partial charge in [-0.25, -0.2) is 0 Å². The first-order chi connectivity index (χ1) is 6.25. The van der Waals surface area contributed by atoms with E-state index in [9.17, 15) is 4.79 Å². The van der Waals surface area contributed by atoms with Crippen molar-refractivity contribution < 1.29 is 4.79 Å². The van der Waals surface area contributed by atoms with E-state index in [1.807, 2.05) is 0 Å². The highest BCUT2D eigenvalue weighted by molar-refractivity contribution is 7.71. The Morgan fingerprint density at radius 1 is 1.62 bits per heavy atom. The lowest BCUT2D eigenvalue weighted by atomic mass is 10.1. The van der Waals surface area contributed by atoms with E-state index in [-0.39, 0.29) is 5.78 Å². The number of carbonyl (C=O) groups is 1. The van der Waals surface area contributed by atoms with E-state index in [1.165, 1.54) is 0 Å².